The molecular weight excluding hydrogens is 717 g/mol. The molecule has 0 bridgehead atoms. The summed E-state index contributed by atoms with van der Waals surface area (Å²) in [5, 5.41) is 20.1. The van der Waals surface area contributed by atoms with Gasteiger partial charge in [0.05, 0.1) is 30.0 Å². The van der Waals surface area contributed by atoms with E-state index in [4.69, 9.17) is 16.3 Å². The molecule has 3 aromatic carbocycles. The number of hydrogen-bond acceptors (Lipinski definition) is 7. The zero-order chi connectivity index (χ0) is 36.5. The Bertz CT molecular complexity index is 2170. The van der Waals surface area contributed by atoms with Gasteiger partial charge in [0.15, 0.2) is 0 Å². The van der Waals surface area contributed by atoms with Crippen molar-refractivity contribution in [1.29, 1.82) is 0 Å². The number of benzene rings is 3. The normalized spacial score (nSPS) is 15.7. The summed E-state index contributed by atoms with van der Waals surface area (Å²) in [5.41, 5.74) is 5.24. The lowest BCUT2D eigenvalue weighted by atomic mass is 9.92. The number of aromatic carboxylic acids is 1. The van der Waals surface area contributed by atoms with Crippen molar-refractivity contribution < 1.29 is 29.3 Å². The smallest absolute Gasteiger partial charge is 0.335 e. The van der Waals surface area contributed by atoms with Crippen LogP contribution in [0.3, 0.4) is 0 Å². The quantitative estimate of drug-likeness (QED) is 0.178. The number of ether oxygens (including phenoxy) is 1. The number of phenols is 1. The number of aromatic nitrogens is 2. The summed E-state index contributed by atoms with van der Waals surface area (Å²) in [6.07, 6.45) is 2.06. The monoisotopic (exact) mass is 755 g/mol. The number of phenolic OH excluding ortho intramolecular Hbond substituents is 1. The lowest BCUT2D eigenvalue weighted by molar-refractivity contribution is 0.0193. The molecule has 0 spiro atoms. The predicted molar refractivity (Wildman–Crippen MR) is 205 cm³/mol. The SMILES string of the molecule is Cc1c(C(=O)N(c2ccc(O)cc2)c2cc(C(=O)O)ccn2)cc(-c2cc(Cl)ccc2C(=O)N2Cc3ccccc3C[C@H]2CN2CCOCC2)n1C.Cl. The largest absolute Gasteiger partial charge is 0.508 e. The number of pyridine rings is 1. The number of carbonyl (C=O) groups excluding carboxylic acids is 2. The number of halogens is 2. The second-order valence-corrected chi connectivity index (χ2v) is 13.6. The van der Waals surface area contributed by atoms with Gasteiger partial charge in [-0.15, -0.1) is 12.4 Å². The van der Waals surface area contributed by atoms with Gasteiger partial charge < -0.3 is 24.4 Å². The molecule has 7 rings (SSSR count). The van der Waals surface area contributed by atoms with E-state index in [-0.39, 0.29) is 41.5 Å². The van der Waals surface area contributed by atoms with Gasteiger partial charge in [-0.05, 0) is 85.1 Å². The van der Waals surface area contributed by atoms with Crippen molar-refractivity contribution >= 4 is 53.3 Å². The molecule has 1 saturated heterocycles. The fourth-order valence-corrected chi connectivity index (χ4v) is 7.24. The van der Waals surface area contributed by atoms with Crippen LogP contribution in [-0.2, 0) is 24.8 Å². The number of carbonyl (C=O) groups is 3. The molecule has 5 aromatic rings. The number of carboxylic acids is 1. The van der Waals surface area contributed by atoms with Gasteiger partial charge in [0, 0.05) is 73.0 Å². The Morgan fingerprint density at radius 3 is 2.38 bits per heavy atom. The molecule has 11 nitrogen and oxygen atoms in total. The standard InChI is InChI=1S/C40H38ClN5O6.ClH/c1-25-34(39(49)46(30-8-10-32(47)11-9-30)37-20-27(40(50)51)13-14-42-37)22-36(43(25)2)35-21-29(41)7-12-33(35)38(48)45-23-28-6-4-3-5-26(28)19-31(45)24-44-15-17-52-18-16-44;/h3-14,20-22,31,47H,15-19,23-24H2,1-2H3,(H,50,51);1H/t31-;/m0./s1. The zero-order valence-corrected chi connectivity index (χ0v) is 30.8. The van der Waals surface area contributed by atoms with Crippen LogP contribution in [0.25, 0.3) is 11.3 Å². The Morgan fingerprint density at radius 2 is 1.66 bits per heavy atom. The van der Waals surface area contributed by atoms with Crippen LogP contribution in [-0.4, -0.2) is 86.2 Å². The second-order valence-electron chi connectivity index (χ2n) is 13.1. The van der Waals surface area contributed by atoms with Crippen LogP contribution >= 0.6 is 24.0 Å². The summed E-state index contributed by atoms with van der Waals surface area (Å²) in [6, 6.07) is 23.8. The number of fused-ring (bicyclic) bond motifs is 1. The highest BCUT2D eigenvalue weighted by Gasteiger charge is 2.34. The molecular formula is C40H39Cl2N5O6. The van der Waals surface area contributed by atoms with E-state index in [2.05, 4.69) is 22.0 Å². The predicted octanol–water partition coefficient (Wildman–Crippen LogP) is 6.75. The zero-order valence-electron chi connectivity index (χ0n) is 29.2. The minimum absolute atomic E-state index is 0. The Balaban J connectivity index is 0.00000481. The second kappa shape index (κ2) is 15.8. The fraction of sp³-hybridized carbons (Fsp3) is 0.250. The van der Waals surface area contributed by atoms with E-state index in [1.165, 1.54) is 40.9 Å². The minimum Gasteiger partial charge on any atom is -0.508 e. The maximum absolute atomic E-state index is 14.8. The van der Waals surface area contributed by atoms with E-state index in [1.54, 1.807) is 43.3 Å². The van der Waals surface area contributed by atoms with Crippen LogP contribution in [0.5, 0.6) is 5.75 Å². The molecule has 0 saturated carbocycles. The maximum Gasteiger partial charge on any atom is 0.335 e. The van der Waals surface area contributed by atoms with E-state index < -0.39 is 11.9 Å². The van der Waals surface area contributed by atoms with Gasteiger partial charge in [-0.2, -0.15) is 0 Å². The Labute approximate surface area is 318 Å². The first-order valence-electron chi connectivity index (χ1n) is 17.1. The number of carboxylic acid groups (broad SMARTS) is 1. The maximum atomic E-state index is 14.8. The first-order chi connectivity index (χ1) is 25.1. The van der Waals surface area contributed by atoms with Crippen molar-refractivity contribution in [2.45, 2.75) is 25.9 Å². The van der Waals surface area contributed by atoms with Crippen molar-refractivity contribution in [2.75, 3.05) is 37.7 Å². The topological polar surface area (TPSA) is 128 Å². The van der Waals surface area contributed by atoms with Crippen LogP contribution < -0.4 is 4.90 Å². The van der Waals surface area contributed by atoms with Crippen molar-refractivity contribution in [3.8, 4) is 17.0 Å². The number of anilines is 2. The summed E-state index contributed by atoms with van der Waals surface area (Å²) in [6.45, 7) is 5.94. The summed E-state index contributed by atoms with van der Waals surface area (Å²) in [4.78, 5) is 51.1. The molecule has 2 aliphatic heterocycles. The molecule has 0 aliphatic carbocycles. The number of rotatable bonds is 8. The molecule has 0 unspecified atom stereocenters. The summed E-state index contributed by atoms with van der Waals surface area (Å²) in [7, 11) is 1.82. The molecule has 2 N–H and O–H groups in total. The molecule has 1 fully saturated rings. The highest BCUT2D eigenvalue weighted by Crippen LogP contribution is 2.36. The highest BCUT2D eigenvalue weighted by molar-refractivity contribution is 6.31. The van der Waals surface area contributed by atoms with Gasteiger partial charge in [-0.3, -0.25) is 19.4 Å². The van der Waals surface area contributed by atoms with Gasteiger partial charge >= 0.3 is 5.97 Å². The Hall–Kier alpha value is -5.20. The van der Waals surface area contributed by atoms with Gasteiger partial charge in [0.2, 0.25) is 0 Å². The van der Waals surface area contributed by atoms with Crippen molar-refractivity contribution in [3.05, 3.63) is 130 Å². The first kappa shape index (κ1) is 37.6. The van der Waals surface area contributed by atoms with Crippen molar-refractivity contribution in [3.63, 3.8) is 0 Å². The van der Waals surface area contributed by atoms with Crippen LogP contribution in [0.2, 0.25) is 5.02 Å². The molecule has 0 radical (unpaired) electrons. The third kappa shape index (κ3) is 7.65. The van der Waals surface area contributed by atoms with Crippen molar-refractivity contribution in [1.82, 2.24) is 19.4 Å². The van der Waals surface area contributed by atoms with E-state index in [9.17, 15) is 24.6 Å². The molecule has 4 heterocycles. The van der Waals surface area contributed by atoms with Crippen LogP contribution in [0.15, 0.2) is 91.1 Å². The molecule has 2 aromatic heterocycles. The number of hydrogen-bond donors (Lipinski definition) is 2. The van der Waals surface area contributed by atoms with E-state index in [1.807, 2.05) is 28.6 Å². The summed E-state index contributed by atoms with van der Waals surface area (Å²) < 4.78 is 7.44. The Kier molecular flexibility index (Phi) is 11.2. The number of nitrogens with zero attached hydrogens (tertiary/aromatic N) is 5. The van der Waals surface area contributed by atoms with Gasteiger partial charge in [-0.25, -0.2) is 9.78 Å². The van der Waals surface area contributed by atoms with E-state index in [0.29, 0.717) is 58.5 Å². The number of aromatic hydroxyl groups is 1. The van der Waals surface area contributed by atoms with E-state index in [0.717, 1.165) is 31.6 Å². The van der Waals surface area contributed by atoms with E-state index >= 15 is 0 Å². The van der Waals surface area contributed by atoms with Crippen LogP contribution in [0.4, 0.5) is 11.5 Å². The molecule has 2 aliphatic rings. The first-order valence-corrected chi connectivity index (χ1v) is 17.4. The van der Waals surface area contributed by atoms with Crippen molar-refractivity contribution in [2.24, 2.45) is 7.05 Å². The average Bonchev–Trinajstić information content (AvgIpc) is 3.45. The molecule has 1 atom stereocenters. The van der Waals surface area contributed by atoms with Crippen LogP contribution in [0.1, 0.15) is 47.9 Å². The highest BCUT2D eigenvalue weighted by atomic mass is 35.5. The lowest BCUT2D eigenvalue weighted by Gasteiger charge is -2.40. The number of amides is 2. The Morgan fingerprint density at radius 1 is 0.943 bits per heavy atom. The molecule has 2 amide bonds. The van der Waals surface area contributed by atoms with Crippen LogP contribution in [0, 0.1) is 6.92 Å². The molecule has 13 heteroatoms. The molecule has 274 valence electrons. The third-order valence-electron chi connectivity index (χ3n) is 9.98. The number of morpholine rings is 1. The minimum atomic E-state index is -1.16. The summed E-state index contributed by atoms with van der Waals surface area (Å²) >= 11 is 6.60. The van der Waals surface area contributed by atoms with Gasteiger partial charge in [0.25, 0.3) is 11.8 Å². The third-order valence-corrected chi connectivity index (χ3v) is 10.2. The molecule has 53 heavy (non-hydrogen) atoms. The van der Waals surface area contributed by atoms with Gasteiger partial charge in [-0.1, -0.05) is 35.9 Å². The summed E-state index contributed by atoms with van der Waals surface area (Å²) in [5.74, 6) is -1.68. The average molecular weight is 757 g/mol. The lowest BCUT2D eigenvalue weighted by Crippen LogP contribution is -2.52. The van der Waals surface area contributed by atoms with Gasteiger partial charge in [0.1, 0.15) is 11.6 Å². The fourth-order valence-electron chi connectivity index (χ4n) is 7.06.